The molecule has 0 aromatic rings. The third kappa shape index (κ3) is 2.26. The van der Waals surface area contributed by atoms with Crippen molar-refractivity contribution in [1.82, 2.24) is 4.41 Å². The van der Waals surface area contributed by atoms with Crippen LogP contribution in [-0.4, -0.2) is 4.41 Å². The lowest BCUT2D eigenvalue weighted by molar-refractivity contribution is 0.674. The molecule has 0 bridgehead atoms. The van der Waals surface area contributed by atoms with Crippen molar-refractivity contribution in [3.05, 3.63) is 23.8 Å². The first-order valence-corrected chi connectivity index (χ1v) is 2.77. The lowest BCUT2D eigenvalue weighted by atomic mass is 10.6. The van der Waals surface area contributed by atoms with Gasteiger partial charge in [-0.3, -0.25) is 4.41 Å². The summed E-state index contributed by atoms with van der Waals surface area (Å²) in [5.41, 5.74) is 0. The summed E-state index contributed by atoms with van der Waals surface area (Å²) in [5.74, 6) is 5.29. The maximum Gasteiger partial charge on any atom is 0.0287 e. The topological polar surface area (TPSA) is 29.3 Å². The first-order chi connectivity index (χ1) is 3.39. The molecule has 4 heteroatoms. The maximum atomic E-state index is 5.29. The van der Waals surface area contributed by atoms with Crippen molar-refractivity contribution in [1.29, 1.82) is 0 Å². The average molecular weight is 151 g/mol. The molecule has 0 radical (unpaired) electrons. The molecule has 0 fully saturated rings. The van der Waals surface area contributed by atoms with Gasteiger partial charge in [-0.2, -0.15) is 0 Å². The summed E-state index contributed by atoms with van der Waals surface area (Å²) in [6.45, 7) is 0. The van der Waals surface area contributed by atoms with Crippen LogP contribution in [0.1, 0.15) is 0 Å². The van der Waals surface area contributed by atoms with E-state index in [9.17, 15) is 0 Å². The molecule has 0 spiro atoms. The first-order valence-electron chi connectivity index (χ1n) is 1.93. The lowest BCUT2D eigenvalue weighted by Crippen LogP contribution is -2.15. The van der Waals surface area contributed by atoms with Gasteiger partial charge in [0.2, 0.25) is 0 Å². The Bertz CT molecular complexity index is 113. The Balaban J connectivity index is 0.000000490. The molecule has 0 saturated heterocycles. The van der Waals surface area contributed by atoms with E-state index < -0.39 is 0 Å². The van der Waals surface area contributed by atoms with Gasteiger partial charge in [0, 0.05) is 6.20 Å². The summed E-state index contributed by atoms with van der Waals surface area (Å²) in [6.07, 6.45) is 5.62. The fourth-order valence-corrected chi connectivity index (χ4v) is 0.763. The quantitative estimate of drug-likeness (QED) is 0.417. The molecule has 1 heterocycles. The van der Waals surface area contributed by atoms with E-state index in [1.54, 1.807) is 10.6 Å². The molecule has 1 aliphatic heterocycles. The van der Waals surface area contributed by atoms with Crippen molar-refractivity contribution in [3.63, 3.8) is 0 Å². The van der Waals surface area contributed by atoms with Crippen LogP contribution in [0.15, 0.2) is 23.8 Å². The van der Waals surface area contributed by atoms with Gasteiger partial charge in [-0.1, -0.05) is 6.08 Å². The molecule has 2 nitrogen and oxygen atoms in total. The average Bonchev–Trinajstić information content (AvgIpc) is 1.69. The summed E-state index contributed by atoms with van der Waals surface area (Å²) in [5, 5.41) is 1.92. The summed E-state index contributed by atoms with van der Waals surface area (Å²) in [6, 6.07) is 0. The Labute approximate surface area is 58.9 Å². The van der Waals surface area contributed by atoms with Crippen LogP contribution in [0.5, 0.6) is 0 Å². The number of allylic oxidation sites excluding steroid dienone is 2. The highest BCUT2D eigenvalue weighted by Crippen LogP contribution is 2.09. The molecule has 0 amide bonds. The molecule has 8 heavy (non-hydrogen) atoms. The van der Waals surface area contributed by atoms with Crippen LogP contribution in [-0.2, 0) is 0 Å². The number of nitrogens with zero attached hydrogens (tertiary/aromatic N) is 1. The first kappa shape index (κ1) is 7.88. The van der Waals surface area contributed by atoms with E-state index in [-0.39, 0.29) is 12.4 Å². The predicted octanol–water partition coefficient (Wildman–Crippen LogP) is 1.27. The zero-order valence-corrected chi connectivity index (χ0v) is 5.78. The van der Waals surface area contributed by atoms with E-state index in [0.29, 0.717) is 0 Å². The third-order valence-corrected chi connectivity index (χ3v) is 1.25. The van der Waals surface area contributed by atoms with E-state index in [0.717, 1.165) is 0 Å². The van der Waals surface area contributed by atoms with Gasteiger partial charge >= 0.3 is 0 Å². The molecular formula is C4H7ClN2S. The largest absolute Gasteiger partial charge is 0.256 e. The van der Waals surface area contributed by atoms with Crippen molar-refractivity contribution in [3.8, 4) is 0 Å². The third-order valence-electron chi connectivity index (χ3n) is 0.605. The van der Waals surface area contributed by atoms with Gasteiger partial charge in [-0.05, 0) is 23.4 Å². The minimum Gasteiger partial charge on any atom is -0.256 e. The lowest BCUT2D eigenvalue weighted by Gasteiger charge is -2.09. The number of hydrogen-bond acceptors (Lipinski definition) is 3. The highest BCUT2D eigenvalue weighted by atomic mass is 35.5. The van der Waals surface area contributed by atoms with Crippen LogP contribution in [0, 0.1) is 0 Å². The minimum absolute atomic E-state index is 0. The molecular weight excluding hydrogens is 144 g/mol. The van der Waals surface area contributed by atoms with Crippen LogP contribution in [0.4, 0.5) is 0 Å². The van der Waals surface area contributed by atoms with Gasteiger partial charge < -0.3 is 0 Å². The maximum absolute atomic E-state index is 5.29. The zero-order valence-electron chi connectivity index (χ0n) is 4.15. The summed E-state index contributed by atoms with van der Waals surface area (Å²) in [4.78, 5) is 0. The Morgan fingerprint density at radius 3 is 2.38 bits per heavy atom. The van der Waals surface area contributed by atoms with Crippen LogP contribution < -0.4 is 5.84 Å². The van der Waals surface area contributed by atoms with Crippen LogP contribution in [0.3, 0.4) is 0 Å². The molecule has 0 aromatic carbocycles. The number of rotatable bonds is 0. The van der Waals surface area contributed by atoms with Gasteiger partial charge in [0.05, 0.1) is 0 Å². The molecule has 0 unspecified atom stereocenters. The number of hydrazine groups is 1. The highest BCUT2D eigenvalue weighted by molar-refractivity contribution is 7.99. The van der Waals surface area contributed by atoms with Crippen LogP contribution in [0.2, 0.25) is 0 Å². The van der Waals surface area contributed by atoms with Gasteiger partial charge in [-0.25, -0.2) is 5.84 Å². The fraction of sp³-hybridized carbons (Fsp3) is 0. The number of halogens is 1. The zero-order chi connectivity index (χ0) is 5.11. The van der Waals surface area contributed by atoms with E-state index >= 15 is 0 Å². The molecule has 0 atom stereocenters. The van der Waals surface area contributed by atoms with Crippen molar-refractivity contribution in [2.75, 3.05) is 0 Å². The summed E-state index contributed by atoms with van der Waals surface area (Å²) < 4.78 is 1.54. The summed E-state index contributed by atoms with van der Waals surface area (Å²) >= 11 is 1.46. The Morgan fingerprint density at radius 1 is 1.38 bits per heavy atom. The smallest absolute Gasteiger partial charge is 0.0287 e. The fourth-order valence-electron chi connectivity index (χ4n) is 0.320. The van der Waals surface area contributed by atoms with Gasteiger partial charge in [0.15, 0.2) is 0 Å². The van der Waals surface area contributed by atoms with Crippen molar-refractivity contribution >= 4 is 24.4 Å². The standard InChI is InChI=1S/C4H6N2S.ClH/c5-6-3-1-2-4-7-6;/h1-4H,5H2;1H. The molecule has 46 valence electrons. The Morgan fingerprint density at radius 2 is 2.12 bits per heavy atom. The minimum atomic E-state index is 0. The number of nitrogens with two attached hydrogens (primary N) is 1. The molecule has 1 aliphatic rings. The van der Waals surface area contributed by atoms with Crippen molar-refractivity contribution in [2.24, 2.45) is 5.84 Å². The van der Waals surface area contributed by atoms with Crippen LogP contribution in [0.25, 0.3) is 0 Å². The van der Waals surface area contributed by atoms with E-state index in [1.807, 2.05) is 17.6 Å². The monoisotopic (exact) mass is 150 g/mol. The Hall–Kier alpha value is -0.120. The Kier molecular flexibility index (Phi) is 3.77. The van der Waals surface area contributed by atoms with E-state index in [4.69, 9.17) is 5.84 Å². The second-order valence-corrected chi connectivity index (χ2v) is 2.04. The van der Waals surface area contributed by atoms with E-state index in [2.05, 4.69) is 0 Å². The van der Waals surface area contributed by atoms with E-state index in [1.165, 1.54) is 11.9 Å². The normalized spacial score (nSPS) is 15.9. The molecule has 0 aliphatic carbocycles. The SMILES string of the molecule is Cl.NN1C=CC=CS1. The van der Waals surface area contributed by atoms with Crippen LogP contribution >= 0.6 is 24.4 Å². The molecule has 0 aromatic heterocycles. The predicted molar refractivity (Wildman–Crippen MR) is 39.1 cm³/mol. The van der Waals surface area contributed by atoms with Gasteiger partial charge in [0.1, 0.15) is 0 Å². The highest BCUT2D eigenvalue weighted by Gasteiger charge is 1.88. The molecule has 0 saturated carbocycles. The number of hydrogen-bond donors (Lipinski definition) is 1. The molecule has 2 N–H and O–H groups in total. The molecule has 1 rings (SSSR count). The second kappa shape index (κ2) is 3.83. The van der Waals surface area contributed by atoms with Crippen molar-refractivity contribution < 1.29 is 0 Å². The van der Waals surface area contributed by atoms with Crippen molar-refractivity contribution in [2.45, 2.75) is 0 Å². The van der Waals surface area contributed by atoms with Gasteiger partial charge in [0.25, 0.3) is 0 Å². The second-order valence-electron chi connectivity index (χ2n) is 1.14. The van der Waals surface area contributed by atoms with Gasteiger partial charge in [-0.15, -0.1) is 12.4 Å². The summed E-state index contributed by atoms with van der Waals surface area (Å²) in [7, 11) is 0.